The van der Waals surface area contributed by atoms with Crippen LogP contribution in [-0.4, -0.2) is 11.7 Å². The van der Waals surface area contributed by atoms with E-state index in [2.05, 4.69) is 6.58 Å². The largest absolute Gasteiger partial charge is 0.488 e. The van der Waals surface area contributed by atoms with Gasteiger partial charge in [-0.1, -0.05) is 29.8 Å². The highest BCUT2D eigenvalue weighted by Crippen LogP contribution is 2.28. The van der Waals surface area contributed by atoms with E-state index in [9.17, 15) is 5.11 Å². The number of ether oxygens (including phenoxy) is 1. The Morgan fingerprint density at radius 3 is 2.80 bits per heavy atom. The summed E-state index contributed by atoms with van der Waals surface area (Å²) in [6, 6.07) is 5.06. The topological polar surface area (TPSA) is 29.5 Å². The molecule has 0 aliphatic heterocycles. The van der Waals surface area contributed by atoms with Gasteiger partial charge in [-0.15, -0.1) is 0 Å². The van der Waals surface area contributed by atoms with Crippen LogP contribution in [-0.2, 0) is 0 Å². The molecule has 0 heterocycles. The summed E-state index contributed by atoms with van der Waals surface area (Å²) in [4.78, 5) is 0. The van der Waals surface area contributed by atoms with Gasteiger partial charge in [-0.25, -0.2) is 0 Å². The van der Waals surface area contributed by atoms with Crippen LogP contribution in [0.2, 0.25) is 5.02 Å². The third-order valence-corrected chi connectivity index (χ3v) is 2.15. The van der Waals surface area contributed by atoms with E-state index < -0.39 is 6.10 Å². The molecule has 2 nitrogen and oxygen atoms in total. The van der Waals surface area contributed by atoms with Crippen LogP contribution < -0.4 is 4.74 Å². The van der Waals surface area contributed by atoms with Crippen molar-refractivity contribution in [1.29, 1.82) is 0 Å². The van der Waals surface area contributed by atoms with Crippen LogP contribution in [0.25, 0.3) is 0 Å². The van der Waals surface area contributed by atoms with Gasteiger partial charge in [0.1, 0.15) is 12.4 Å². The van der Waals surface area contributed by atoms with Gasteiger partial charge in [0.25, 0.3) is 0 Å². The number of rotatable bonds is 4. The van der Waals surface area contributed by atoms with Gasteiger partial charge in [0, 0.05) is 15.6 Å². The zero-order valence-electron chi connectivity index (χ0n) is 8.34. The molecule has 0 spiro atoms. The van der Waals surface area contributed by atoms with Gasteiger partial charge in [-0.05, 0) is 25.1 Å². The number of hydrogen-bond donors (Lipinski definition) is 1. The van der Waals surface area contributed by atoms with E-state index in [1.165, 1.54) is 0 Å². The number of aliphatic hydroxyl groups is 1. The Labute approximate surface area is 99.1 Å². The summed E-state index contributed by atoms with van der Waals surface area (Å²) < 4.78 is 5.36. The van der Waals surface area contributed by atoms with Crippen molar-refractivity contribution in [2.24, 2.45) is 0 Å². The molecular weight excluding hydrogens is 235 g/mol. The Morgan fingerprint density at radius 1 is 1.60 bits per heavy atom. The predicted octanol–water partition coefficient (Wildman–Crippen LogP) is 3.52. The molecule has 1 rings (SSSR count). The fraction of sp³-hybridized carbons (Fsp3) is 0.273. The maximum Gasteiger partial charge on any atom is 0.125 e. The minimum atomic E-state index is -0.637. The van der Waals surface area contributed by atoms with E-state index in [-0.39, 0.29) is 6.61 Å². The lowest BCUT2D eigenvalue weighted by Crippen LogP contribution is -2.01. The standard InChI is InChI=1S/C11H12Cl2O2/c1-7(12)6-15-11-4-3-9(13)5-10(11)8(2)14/h3-5,8,14H,1,6H2,2H3/t8-/m0/s1. The van der Waals surface area contributed by atoms with Crippen molar-refractivity contribution in [3.63, 3.8) is 0 Å². The number of aliphatic hydroxyl groups excluding tert-OH is 1. The Morgan fingerprint density at radius 2 is 2.27 bits per heavy atom. The van der Waals surface area contributed by atoms with E-state index in [0.717, 1.165) is 0 Å². The summed E-state index contributed by atoms with van der Waals surface area (Å²) in [5, 5.41) is 10.5. The van der Waals surface area contributed by atoms with Crippen molar-refractivity contribution in [2.45, 2.75) is 13.0 Å². The van der Waals surface area contributed by atoms with E-state index in [0.29, 0.717) is 21.4 Å². The van der Waals surface area contributed by atoms with Gasteiger partial charge in [-0.2, -0.15) is 0 Å². The quantitative estimate of drug-likeness (QED) is 0.881. The molecule has 15 heavy (non-hydrogen) atoms. The first-order valence-corrected chi connectivity index (χ1v) is 5.20. The first kappa shape index (κ1) is 12.4. The summed E-state index contributed by atoms with van der Waals surface area (Å²) in [6.07, 6.45) is -0.637. The summed E-state index contributed by atoms with van der Waals surface area (Å²) in [5.74, 6) is 0.566. The first-order chi connectivity index (χ1) is 7.00. The Kier molecular flexibility index (Phi) is 4.45. The smallest absolute Gasteiger partial charge is 0.125 e. The fourth-order valence-electron chi connectivity index (χ4n) is 1.13. The van der Waals surface area contributed by atoms with Crippen molar-refractivity contribution in [3.8, 4) is 5.75 Å². The SMILES string of the molecule is C=C(Cl)COc1ccc(Cl)cc1[C@H](C)O. The van der Waals surface area contributed by atoms with Gasteiger partial charge in [-0.3, -0.25) is 0 Å². The van der Waals surface area contributed by atoms with Gasteiger partial charge in [0.05, 0.1) is 6.10 Å². The van der Waals surface area contributed by atoms with Crippen LogP contribution in [0.1, 0.15) is 18.6 Å². The van der Waals surface area contributed by atoms with Gasteiger partial charge in [0.15, 0.2) is 0 Å². The van der Waals surface area contributed by atoms with Crippen LogP contribution in [0.4, 0.5) is 0 Å². The molecule has 0 amide bonds. The summed E-state index contributed by atoms with van der Waals surface area (Å²) in [7, 11) is 0. The highest BCUT2D eigenvalue weighted by Gasteiger charge is 2.09. The van der Waals surface area contributed by atoms with E-state index in [1.54, 1.807) is 25.1 Å². The van der Waals surface area contributed by atoms with E-state index in [4.69, 9.17) is 27.9 Å². The second kappa shape index (κ2) is 5.40. The molecular formula is C11H12Cl2O2. The summed E-state index contributed by atoms with van der Waals surface area (Å²) >= 11 is 11.4. The predicted molar refractivity (Wildman–Crippen MR) is 62.6 cm³/mol. The lowest BCUT2D eigenvalue weighted by molar-refractivity contribution is 0.193. The Hall–Kier alpha value is -0.700. The average molecular weight is 247 g/mol. The Bertz CT molecular complexity index is 362. The maximum absolute atomic E-state index is 9.50. The lowest BCUT2D eigenvalue weighted by Gasteiger charge is -2.13. The molecule has 0 saturated heterocycles. The molecule has 1 atom stereocenters. The average Bonchev–Trinajstić information content (AvgIpc) is 2.15. The van der Waals surface area contributed by atoms with Crippen molar-refractivity contribution >= 4 is 23.2 Å². The zero-order chi connectivity index (χ0) is 11.4. The minimum Gasteiger partial charge on any atom is -0.488 e. The molecule has 0 aliphatic carbocycles. The van der Waals surface area contributed by atoms with Crippen LogP contribution in [0.15, 0.2) is 29.8 Å². The molecule has 1 N–H and O–H groups in total. The molecule has 0 radical (unpaired) electrons. The van der Waals surface area contributed by atoms with Gasteiger partial charge < -0.3 is 9.84 Å². The molecule has 0 aromatic heterocycles. The van der Waals surface area contributed by atoms with Crippen LogP contribution >= 0.6 is 23.2 Å². The van der Waals surface area contributed by atoms with Crippen molar-refractivity contribution in [2.75, 3.05) is 6.61 Å². The third kappa shape index (κ3) is 3.74. The van der Waals surface area contributed by atoms with Crippen molar-refractivity contribution < 1.29 is 9.84 Å². The maximum atomic E-state index is 9.50. The third-order valence-electron chi connectivity index (χ3n) is 1.81. The molecule has 0 fully saturated rings. The highest BCUT2D eigenvalue weighted by molar-refractivity contribution is 6.30. The Balaban J connectivity index is 2.90. The molecule has 1 aromatic carbocycles. The second-order valence-corrected chi connectivity index (χ2v) is 4.14. The zero-order valence-corrected chi connectivity index (χ0v) is 9.85. The highest BCUT2D eigenvalue weighted by atomic mass is 35.5. The van der Waals surface area contributed by atoms with Gasteiger partial charge in [0.2, 0.25) is 0 Å². The first-order valence-electron chi connectivity index (χ1n) is 4.44. The monoisotopic (exact) mass is 246 g/mol. The van der Waals surface area contributed by atoms with Crippen molar-refractivity contribution in [3.05, 3.63) is 40.4 Å². The summed E-state index contributed by atoms with van der Waals surface area (Å²) in [6.45, 7) is 5.37. The van der Waals surface area contributed by atoms with Crippen LogP contribution in [0.5, 0.6) is 5.75 Å². The minimum absolute atomic E-state index is 0.211. The molecule has 0 bridgehead atoms. The number of hydrogen-bond acceptors (Lipinski definition) is 2. The molecule has 0 aliphatic rings. The van der Waals surface area contributed by atoms with E-state index in [1.807, 2.05) is 0 Å². The molecule has 82 valence electrons. The fourth-order valence-corrected chi connectivity index (χ4v) is 1.37. The molecule has 4 heteroatoms. The lowest BCUT2D eigenvalue weighted by atomic mass is 10.1. The second-order valence-electron chi connectivity index (χ2n) is 3.16. The molecule has 0 saturated carbocycles. The van der Waals surface area contributed by atoms with Crippen molar-refractivity contribution in [1.82, 2.24) is 0 Å². The number of benzene rings is 1. The summed E-state index contributed by atoms with van der Waals surface area (Å²) in [5.41, 5.74) is 0.639. The normalized spacial score (nSPS) is 12.3. The van der Waals surface area contributed by atoms with Gasteiger partial charge >= 0.3 is 0 Å². The van der Waals surface area contributed by atoms with E-state index >= 15 is 0 Å². The van der Waals surface area contributed by atoms with Crippen LogP contribution in [0.3, 0.4) is 0 Å². The molecule has 0 unspecified atom stereocenters. The molecule has 1 aromatic rings. The van der Waals surface area contributed by atoms with Crippen LogP contribution in [0, 0.1) is 0 Å². The number of halogens is 2.